The molecule has 9 nitrogen and oxygen atoms in total. The highest BCUT2D eigenvalue weighted by atomic mass is 16.2. The third kappa shape index (κ3) is 6.17. The van der Waals surface area contributed by atoms with Crippen LogP contribution >= 0.6 is 0 Å². The first-order chi connectivity index (χ1) is 17.3. The number of hydrogen-bond donors (Lipinski definition) is 2. The van der Waals surface area contributed by atoms with Crippen molar-refractivity contribution in [1.82, 2.24) is 24.8 Å². The molecule has 0 saturated carbocycles. The molecule has 1 unspecified atom stereocenters. The highest BCUT2D eigenvalue weighted by Crippen LogP contribution is 2.18. The molecule has 0 bridgehead atoms. The number of ketones is 1. The molecule has 2 N–H and O–H groups in total. The number of carbonyl (C=O) groups excluding carboxylic acids is 2. The van der Waals surface area contributed by atoms with Crippen molar-refractivity contribution in [3.8, 4) is 11.3 Å². The predicted molar refractivity (Wildman–Crippen MR) is 139 cm³/mol. The minimum Gasteiger partial charge on any atom is -0.341 e. The van der Waals surface area contributed by atoms with Crippen molar-refractivity contribution in [3.05, 3.63) is 82.2 Å². The van der Waals surface area contributed by atoms with Crippen LogP contribution in [0.3, 0.4) is 0 Å². The third-order valence-electron chi connectivity index (χ3n) is 6.02. The van der Waals surface area contributed by atoms with Crippen molar-refractivity contribution in [1.29, 1.82) is 5.41 Å². The van der Waals surface area contributed by atoms with Gasteiger partial charge in [-0.15, -0.1) is 0 Å². The van der Waals surface area contributed by atoms with Crippen LogP contribution in [-0.2, 0) is 11.3 Å². The first-order valence-corrected chi connectivity index (χ1v) is 12.0. The van der Waals surface area contributed by atoms with Gasteiger partial charge in [-0.05, 0) is 45.0 Å². The highest BCUT2D eigenvalue weighted by Gasteiger charge is 2.21. The van der Waals surface area contributed by atoms with E-state index in [-0.39, 0.29) is 35.1 Å². The van der Waals surface area contributed by atoms with E-state index < -0.39 is 6.04 Å². The summed E-state index contributed by atoms with van der Waals surface area (Å²) in [5, 5.41) is 11.4. The van der Waals surface area contributed by atoms with Gasteiger partial charge in [0.05, 0.1) is 24.5 Å². The molecule has 0 radical (unpaired) electrons. The molecule has 1 amide bonds. The second-order valence-corrected chi connectivity index (χ2v) is 8.45. The van der Waals surface area contributed by atoms with E-state index in [0.29, 0.717) is 29.9 Å². The van der Waals surface area contributed by atoms with Crippen LogP contribution in [0.25, 0.3) is 11.3 Å². The number of Topliss-reactive ketones (excluding diaryl/α,β-unsaturated/α-hetero) is 1. The van der Waals surface area contributed by atoms with E-state index in [1.165, 1.54) is 23.0 Å². The molecule has 0 aliphatic rings. The summed E-state index contributed by atoms with van der Waals surface area (Å²) in [6, 6.07) is 9.79. The molecule has 0 fully saturated rings. The van der Waals surface area contributed by atoms with Crippen molar-refractivity contribution in [3.63, 3.8) is 0 Å². The van der Waals surface area contributed by atoms with Crippen molar-refractivity contribution in [2.24, 2.45) is 0 Å². The van der Waals surface area contributed by atoms with E-state index in [1.807, 2.05) is 45.2 Å². The zero-order valence-corrected chi connectivity index (χ0v) is 21.1. The highest BCUT2D eigenvalue weighted by molar-refractivity contribution is 6.14. The summed E-state index contributed by atoms with van der Waals surface area (Å²) in [6.07, 6.45) is 4.33. The molecular formula is C27H32N6O3. The first kappa shape index (κ1) is 26.6. The van der Waals surface area contributed by atoms with E-state index in [0.717, 1.165) is 12.1 Å². The Kier molecular flexibility index (Phi) is 8.97. The Balaban J connectivity index is 1.81. The number of aromatic nitrogens is 3. The number of hydrogen-bond acceptors (Lipinski definition) is 7. The van der Waals surface area contributed by atoms with Gasteiger partial charge in [-0.25, -0.2) is 4.98 Å². The molecule has 2 aromatic heterocycles. The van der Waals surface area contributed by atoms with Crippen molar-refractivity contribution < 1.29 is 9.59 Å². The van der Waals surface area contributed by atoms with Crippen molar-refractivity contribution in [2.45, 2.75) is 39.8 Å². The smallest absolute Gasteiger partial charge is 0.251 e. The van der Waals surface area contributed by atoms with Gasteiger partial charge < -0.3 is 20.2 Å². The van der Waals surface area contributed by atoms with Crippen LogP contribution in [0.15, 0.2) is 59.8 Å². The van der Waals surface area contributed by atoms with Gasteiger partial charge >= 0.3 is 0 Å². The summed E-state index contributed by atoms with van der Waals surface area (Å²) >= 11 is 0. The molecule has 3 rings (SSSR count). The minimum absolute atomic E-state index is 0.113. The van der Waals surface area contributed by atoms with Crippen LogP contribution < -0.4 is 10.9 Å². The van der Waals surface area contributed by atoms with Gasteiger partial charge in [0.1, 0.15) is 11.7 Å². The minimum atomic E-state index is -0.685. The average Bonchev–Trinajstić information content (AvgIpc) is 2.89. The fraction of sp³-hybridized carbons (Fsp3) is 0.333. The number of amides is 1. The quantitative estimate of drug-likeness (QED) is 0.316. The number of carbonyl (C=O) groups is 2. The third-order valence-corrected chi connectivity index (χ3v) is 6.02. The van der Waals surface area contributed by atoms with Gasteiger partial charge in [0.25, 0.3) is 5.56 Å². The van der Waals surface area contributed by atoms with E-state index in [9.17, 15) is 14.4 Å². The zero-order chi connectivity index (χ0) is 26.2. The SMILES string of the molecule is CCN(CC)C(=O)C(C)n1cc(-c2cncc(C(=O)CC(=N)c3ccc(CNC)cc3)n2)ccc1=O. The molecule has 0 aliphatic heterocycles. The lowest BCUT2D eigenvalue weighted by Crippen LogP contribution is -2.38. The van der Waals surface area contributed by atoms with E-state index >= 15 is 0 Å². The second kappa shape index (κ2) is 12.1. The Hall–Kier alpha value is -3.98. The summed E-state index contributed by atoms with van der Waals surface area (Å²) in [4.78, 5) is 48.5. The molecule has 1 atom stereocenters. The monoisotopic (exact) mass is 488 g/mol. The number of likely N-dealkylation sites (N-methyl/N-ethyl adjacent to an activating group) is 1. The zero-order valence-electron chi connectivity index (χ0n) is 21.1. The first-order valence-electron chi connectivity index (χ1n) is 12.0. The van der Waals surface area contributed by atoms with Gasteiger partial charge in [-0.3, -0.25) is 19.4 Å². The van der Waals surface area contributed by atoms with Crippen LogP contribution in [-0.4, -0.2) is 57.0 Å². The standard InChI is InChI=1S/C27H32N6O3/c1-5-32(6-2)27(36)18(3)33-17-21(11-12-26(33)35)23-15-30-16-24(31-23)25(34)13-22(28)20-9-7-19(8-10-20)14-29-4/h7-12,15-18,28-29H,5-6,13-14H2,1-4H3. The number of benzene rings is 1. The van der Waals surface area contributed by atoms with Crippen LogP contribution in [0.4, 0.5) is 0 Å². The number of nitrogens with zero attached hydrogens (tertiary/aromatic N) is 4. The predicted octanol–water partition coefficient (Wildman–Crippen LogP) is 3.09. The van der Waals surface area contributed by atoms with Crippen LogP contribution in [0.5, 0.6) is 0 Å². The molecule has 0 saturated heterocycles. The molecule has 2 heterocycles. The molecule has 0 spiro atoms. The molecule has 9 heteroatoms. The van der Waals surface area contributed by atoms with Gasteiger partial charge in [-0.1, -0.05) is 24.3 Å². The van der Waals surface area contributed by atoms with Crippen LogP contribution in [0.1, 0.15) is 54.8 Å². The number of rotatable bonds is 11. The van der Waals surface area contributed by atoms with Crippen molar-refractivity contribution in [2.75, 3.05) is 20.1 Å². The summed E-state index contributed by atoms with van der Waals surface area (Å²) in [5.74, 6) is -0.473. The van der Waals surface area contributed by atoms with Crippen LogP contribution in [0, 0.1) is 5.41 Å². The van der Waals surface area contributed by atoms with Gasteiger partial charge in [0.15, 0.2) is 5.78 Å². The Morgan fingerprint density at radius 1 is 1.08 bits per heavy atom. The Labute approximate surface area is 210 Å². The summed E-state index contributed by atoms with van der Waals surface area (Å²) in [6.45, 7) is 7.31. The summed E-state index contributed by atoms with van der Waals surface area (Å²) < 4.78 is 1.37. The van der Waals surface area contributed by atoms with Gasteiger partial charge in [0.2, 0.25) is 5.91 Å². The lowest BCUT2D eigenvalue weighted by molar-refractivity contribution is -0.133. The average molecular weight is 489 g/mol. The van der Waals surface area contributed by atoms with Gasteiger partial charge in [0, 0.05) is 43.2 Å². The topological polar surface area (TPSA) is 121 Å². The molecule has 188 valence electrons. The van der Waals surface area contributed by atoms with Crippen LogP contribution in [0.2, 0.25) is 0 Å². The maximum absolute atomic E-state index is 12.9. The van der Waals surface area contributed by atoms with E-state index in [2.05, 4.69) is 15.3 Å². The maximum Gasteiger partial charge on any atom is 0.251 e. The second-order valence-electron chi connectivity index (χ2n) is 8.45. The fourth-order valence-electron chi connectivity index (χ4n) is 3.90. The number of nitrogens with one attached hydrogen (secondary N) is 2. The fourth-order valence-corrected chi connectivity index (χ4v) is 3.90. The summed E-state index contributed by atoms with van der Waals surface area (Å²) in [7, 11) is 1.87. The molecular weight excluding hydrogens is 456 g/mol. The van der Waals surface area contributed by atoms with Crippen molar-refractivity contribution >= 4 is 17.4 Å². The summed E-state index contributed by atoms with van der Waals surface area (Å²) in [5.41, 5.74) is 2.75. The molecule has 0 aliphatic carbocycles. The largest absolute Gasteiger partial charge is 0.341 e. The normalized spacial score (nSPS) is 11.7. The lowest BCUT2D eigenvalue weighted by atomic mass is 10.0. The van der Waals surface area contributed by atoms with Gasteiger partial charge in [-0.2, -0.15) is 0 Å². The molecule has 36 heavy (non-hydrogen) atoms. The lowest BCUT2D eigenvalue weighted by Gasteiger charge is -2.24. The van der Waals surface area contributed by atoms with E-state index in [1.54, 1.807) is 24.1 Å². The molecule has 3 aromatic rings. The van der Waals surface area contributed by atoms with E-state index in [4.69, 9.17) is 5.41 Å². The Morgan fingerprint density at radius 2 is 1.78 bits per heavy atom. The maximum atomic E-state index is 12.9. The molecule has 1 aromatic carbocycles. The number of pyridine rings is 1. The Morgan fingerprint density at radius 3 is 2.42 bits per heavy atom. The Bertz CT molecular complexity index is 1300.